The topological polar surface area (TPSA) is 69.7 Å². The van der Waals surface area contributed by atoms with E-state index in [0.29, 0.717) is 12.8 Å². The van der Waals surface area contributed by atoms with E-state index in [4.69, 9.17) is 0 Å². The summed E-state index contributed by atoms with van der Waals surface area (Å²) in [6.07, 6.45) is 4.78. The van der Waals surface area contributed by atoms with E-state index in [9.17, 15) is 14.4 Å². The molecular weight excluding hydrogens is 270 g/mol. The van der Waals surface area contributed by atoms with Crippen molar-refractivity contribution >= 4 is 17.8 Å². The Labute approximate surface area is 124 Å². The summed E-state index contributed by atoms with van der Waals surface area (Å²) in [6, 6.07) is -0.576. The molecule has 0 unspecified atom stereocenters. The molecule has 0 aromatic heterocycles. The van der Waals surface area contributed by atoms with Crippen molar-refractivity contribution in [1.29, 1.82) is 0 Å². The molecule has 3 aliphatic rings. The summed E-state index contributed by atoms with van der Waals surface area (Å²) in [7, 11) is 0. The van der Waals surface area contributed by atoms with Crippen LogP contribution in [0.25, 0.3) is 0 Å². The molecule has 6 heteroatoms. The predicted octanol–water partition coefficient (Wildman–Crippen LogP) is 1.11. The normalized spacial score (nSPS) is 26.9. The van der Waals surface area contributed by atoms with E-state index in [1.807, 2.05) is 0 Å². The highest BCUT2D eigenvalue weighted by atomic mass is 16.2. The molecule has 4 amide bonds. The lowest BCUT2D eigenvalue weighted by atomic mass is 9.66. The van der Waals surface area contributed by atoms with Crippen LogP contribution in [0.2, 0.25) is 0 Å². The molecule has 1 saturated carbocycles. The van der Waals surface area contributed by atoms with Gasteiger partial charge in [0.15, 0.2) is 0 Å². The average Bonchev–Trinajstić information content (AvgIpc) is 2.39. The van der Waals surface area contributed by atoms with E-state index in [0.717, 1.165) is 45.3 Å². The van der Waals surface area contributed by atoms with Crippen LogP contribution in [0, 0.1) is 5.41 Å². The van der Waals surface area contributed by atoms with Gasteiger partial charge in [0.1, 0.15) is 5.41 Å². The second-order valence-electron chi connectivity index (χ2n) is 6.44. The Morgan fingerprint density at radius 1 is 1.19 bits per heavy atom. The van der Waals surface area contributed by atoms with Crippen LogP contribution in [0.5, 0.6) is 0 Å². The lowest BCUT2D eigenvalue weighted by Gasteiger charge is -2.48. The van der Waals surface area contributed by atoms with Crippen molar-refractivity contribution < 1.29 is 14.4 Å². The zero-order chi connectivity index (χ0) is 15.0. The third kappa shape index (κ3) is 2.25. The Hall–Kier alpha value is -1.43. The molecule has 0 atom stereocenters. The summed E-state index contributed by atoms with van der Waals surface area (Å²) in [5.74, 6) is -0.639. The molecule has 0 aromatic rings. The minimum Gasteiger partial charge on any atom is -0.303 e. The van der Waals surface area contributed by atoms with Gasteiger partial charge in [0.05, 0.1) is 0 Å². The van der Waals surface area contributed by atoms with Crippen molar-refractivity contribution in [3.05, 3.63) is 0 Å². The Kier molecular flexibility index (Phi) is 3.73. The summed E-state index contributed by atoms with van der Waals surface area (Å²) >= 11 is 0. The lowest BCUT2D eigenvalue weighted by Crippen LogP contribution is -2.68. The molecule has 0 bridgehead atoms. The number of nitrogens with one attached hydrogen (secondary N) is 1. The molecule has 0 aromatic carbocycles. The van der Waals surface area contributed by atoms with Crippen molar-refractivity contribution in [2.24, 2.45) is 5.41 Å². The summed E-state index contributed by atoms with van der Waals surface area (Å²) in [6.45, 7) is 5.04. The number of piperidine rings is 1. The van der Waals surface area contributed by atoms with Crippen LogP contribution in [-0.4, -0.2) is 53.3 Å². The molecule has 21 heavy (non-hydrogen) atoms. The zero-order valence-electron chi connectivity index (χ0n) is 12.6. The van der Waals surface area contributed by atoms with Crippen LogP contribution in [0.3, 0.4) is 0 Å². The fraction of sp³-hybridized carbons (Fsp3) is 0.800. The number of imide groups is 2. The maximum absolute atomic E-state index is 12.7. The van der Waals surface area contributed by atoms with Gasteiger partial charge in [-0.05, 0) is 38.6 Å². The number of hydrogen-bond acceptors (Lipinski definition) is 4. The molecule has 1 spiro atoms. The average molecular weight is 293 g/mol. The van der Waals surface area contributed by atoms with Crippen molar-refractivity contribution in [2.75, 3.05) is 19.6 Å². The largest absolute Gasteiger partial charge is 0.331 e. The second kappa shape index (κ2) is 5.40. The number of carbonyl (C=O) groups excluding carboxylic acids is 3. The van der Waals surface area contributed by atoms with Crippen molar-refractivity contribution in [3.8, 4) is 0 Å². The third-order valence-corrected chi connectivity index (χ3v) is 5.17. The first kappa shape index (κ1) is 14.5. The summed E-state index contributed by atoms with van der Waals surface area (Å²) in [5, 5.41) is 2.40. The minimum absolute atomic E-state index is 0.0591. The molecular formula is C15H23N3O3. The number of amides is 4. The van der Waals surface area contributed by atoms with Gasteiger partial charge in [0, 0.05) is 19.1 Å². The fourth-order valence-electron chi connectivity index (χ4n) is 3.72. The van der Waals surface area contributed by atoms with Gasteiger partial charge in [-0.2, -0.15) is 0 Å². The van der Waals surface area contributed by atoms with Gasteiger partial charge in [0.25, 0.3) is 0 Å². The Bertz CT molecular complexity index is 465. The van der Waals surface area contributed by atoms with Gasteiger partial charge in [0.2, 0.25) is 11.8 Å². The van der Waals surface area contributed by atoms with Gasteiger partial charge < -0.3 is 4.90 Å². The predicted molar refractivity (Wildman–Crippen MR) is 76.4 cm³/mol. The van der Waals surface area contributed by atoms with Gasteiger partial charge in [-0.1, -0.05) is 13.3 Å². The van der Waals surface area contributed by atoms with Crippen molar-refractivity contribution in [2.45, 2.75) is 51.5 Å². The molecule has 6 nitrogen and oxygen atoms in total. The van der Waals surface area contributed by atoms with Gasteiger partial charge >= 0.3 is 6.03 Å². The summed E-state index contributed by atoms with van der Waals surface area (Å²) < 4.78 is 0. The van der Waals surface area contributed by atoms with Crippen LogP contribution in [0.4, 0.5) is 4.79 Å². The highest BCUT2D eigenvalue weighted by Gasteiger charge is 2.58. The highest BCUT2D eigenvalue weighted by Crippen LogP contribution is 2.45. The Balaban J connectivity index is 1.71. The van der Waals surface area contributed by atoms with Crippen molar-refractivity contribution in [1.82, 2.24) is 15.1 Å². The molecule has 2 saturated heterocycles. The fourth-order valence-corrected chi connectivity index (χ4v) is 3.72. The Morgan fingerprint density at radius 2 is 1.86 bits per heavy atom. The molecule has 1 aliphatic carbocycles. The molecule has 3 rings (SSSR count). The molecule has 116 valence electrons. The van der Waals surface area contributed by atoms with Crippen LogP contribution >= 0.6 is 0 Å². The second-order valence-corrected chi connectivity index (χ2v) is 6.44. The van der Waals surface area contributed by atoms with E-state index < -0.39 is 11.4 Å². The monoisotopic (exact) mass is 293 g/mol. The zero-order valence-corrected chi connectivity index (χ0v) is 12.6. The number of carbonyl (C=O) groups is 3. The molecule has 0 radical (unpaired) electrons. The highest BCUT2D eigenvalue weighted by molar-refractivity contribution is 6.19. The quantitative estimate of drug-likeness (QED) is 0.791. The smallest absolute Gasteiger partial charge is 0.303 e. The number of hydrogen-bond donors (Lipinski definition) is 1. The Morgan fingerprint density at radius 3 is 2.38 bits per heavy atom. The van der Waals surface area contributed by atoms with Gasteiger partial charge in [-0.15, -0.1) is 0 Å². The van der Waals surface area contributed by atoms with Crippen LogP contribution < -0.4 is 5.32 Å². The first-order valence-corrected chi connectivity index (χ1v) is 8.00. The number of nitrogens with zero attached hydrogens (tertiary/aromatic N) is 2. The van der Waals surface area contributed by atoms with Crippen LogP contribution in [0.15, 0.2) is 0 Å². The number of likely N-dealkylation sites (tertiary alicyclic amines) is 1. The maximum atomic E-state index is 12.7. The van der Waals surface area contributed by atoms with Crippen LogP contribution in [0.1, 0.15) is 45.4 Å². The standard InChI is InChI=1S/C15H23N3O3/c1-2-8-17-9-4-11(5-10-17)18-13(20)15(6-3-7-15)12(19)16-14(18)21/h11H,2-10H2,1H3,(H,16,19,21). The van der Waals surface area contributed by atoms with Crippen molar-refractivity contribution in [3.63, 3.8) is 0 Å². The number of rotatable bonds is 3. The number of urea groups is 1. The van der Waals surface area contributed by atoms with E-state index in [1.165, 1.54) is 4.90 Å². The summed E-state index contributed by atoms with van der Waals surface area (Å²) in [4.78, 5) is 40.5. The van der Waals surface area contributed by atoms with E-state index in [1.54, 1.807) is 0 Å². The number of barbiturate groups is 1. The molecule has 3 fully saturated rings. The first-order valence-electron chi connectivity index (χ1n) is 8.00. The minimum atomic E-state index is -0.936. The SMILES string of the molecule is CCCN1CCC(N2C(=O)NC(=O)C3(CCC3)C2=O)CC1. The van der Waals surface area contributed by atoms with E-state index in [-0.39, 0.29) is 17.9 Å². The third-order valence-electron chi connectivity index (χ3n) is 5.17. The lowest BCUT2D eigenvalue weighted by molar-refractivity contribution is -0.159. The first-order chi connectivity index (χ1) is 10.1. The maximum Gasteiger partial charge on any atom is 0.331 e. The van der Waals surface area contributed by atoms with Crippen LogP contribution in [-0.2, 0) is 9.59 Å². The molecule has 2 heterocycles. The summed E-state index contributed by atoms with van der Waals surface area (Å²) in [5.41, 5.74) is -0.936. The van der Waals surface area contributed by atoms with Gasteiger partial charge in [-0.3, -0.25) is 19.8 Å². The van der Waals surface area contributed by atoms with E-state index >= 15 is 0 Å². The van der Waals surface area contributed by atoms with Gasteiger partial charge in [-0.25, -0.2) is 4.79 Å². The van der Waals surface area contributed by atoms with E-state index in [2.05, 4.69) is 17.1 Å². The molecule has 2 aliphatic heterocycles. The molecule has 1 N–H and O–H groups in total.